The Hall–Kier alpha value is -3.50. The molecule has 0 atom stereocenters. The lowest BCUT2D eigenvalue weighted by atomic mass is 10.1. The molecule has 1 N–H and O–H groups in total. The van der Waals surface area contributed by atoms with Gasteiger partial charge in [0.15, 0.2) is 0 Å². The van der Waals surface area contributed by atoms with E-state index >= 15 is 0 Å². The zero-order valence-corrected chi connectivity index (χ0v) is 19.1. The number of amides is 1. The SMILES string of the molecule is COc1ccc2cc(C(=O)N3CCN(S(=O)(=O)c4c[nH]c5ncccc45)CC3)c(C)nc2c1. The zero-order chi connectivity index (χ0) is 23.2. The number of carbonyl (C=O) groups is 1. The van der Waals surface area contributed by atoms with Crippen molar-refractivity contribution in [2.24, 2.45) is 0 Å². The summed E-state index contributed by atoms with van der Waals surface area (Å²) in [5.41, 5.74) is 2.43. The highest BCUT2D eigenvalue weighted by atomic mass is 32.2. The van der Waals surface area contributed by atoms with Gasteiger partial charge in [-0.15, -0.1) is 0 Å². The highest BCUT2D eigenvalue weighted by Gasteiger charge is 2.32. The molecule has 33 heavy (non-hydrogen) atoms. The number of hydrogen-bond donors (Lipinski definition) is 1. The highest BCUT2D eigenvalue weighted by Crippen LogP contribution is 2.26. The molecular weight excluding hydrogens is 442 g/mol. The standard InChI is InChI=1S/C23H23N5O4S/c1-15-19(12-16-5-6-17(32-2)13-20(16)26-15)23(29)27-8-10-28(11-9-27)33(30,31)21-14-25-22-18(21)4-3-7-24-22/h3-7,12-14H,8-11H2,1-2H3,(H,24,25). The number of benzene rings is 1. The topological polar surface area (TPSA) is 108 Å². The van der Waals surface area contributed by atoms with Crippen LogP contribution in [0.1, 0.15) is 16.1 Å². The van der Waals surface area contributed by atoms with Crippen LogP contribution in [0.25, 0.3) is 21.9 Å². The summed E-state index contributed by atoms with van der Waals surface area (Å²) < 4.78 is 33.1. The van der Waals surface area contributed by atoms with Crippen LogP contribution in [0.5, 0.6) is 5.75 Å². The molecule has 5 rings (SSSR count). The number of nitrogens with one attached hydrogen (secondary N) is 1. The lowest BCUT2D eigenvalue weighted by Gasteiger charge is -2.34. The molecule has 170 valence electrons. The quantitative estimate of drug-likeness (QED) is 0.496. The lowest BCUT2D eigenvalue weighted by Crippen LogP contribution is -2.50. The van der Waals surface area contributed by atoms with Crippen LogP contribution in [0.2, 0.25) is 0 Å². The van der Waals surface area contributed by atoms with Crippen molar-refractivity contribution in [3.05, 3.63) is 60.0 Å². The van der Waals surface area contributed by atoms with Crippen molar-refractivity contribution >= 4 is 37.9 Å². The molecule has 1 aliphatic heterocycles. The first kappa shape index (κ1) is 21.4. The summed E-state index contributed by atoms with van der Waals surface area (Å²) in [7, 11) is -2.10. The van der Waals surface area contributed by atoms with Crippen molar-refractivity contribution < 1.29 is 17.9 Å². The Morgan fingerprint density at radius 3 is 2.67 bits per heavy atom. The van der Waals surface area contributed by atoms with Gasteiger partial charge in [-0.2, -0.15) is 4.31 Å². The largest absolute Gasteiger partial charge is 0.497 e. The van der Waals surface area contributed by atoms with Crippen molar-refractivity contribution in [2.45, 2.75) is 11.8 Å². The van der Waals surface area contributed by atoms with Crippen LogP contribution in [0.4, 0.5) is 0 Å². The number of nitrogens with zero attached hydrogens (tertiary/aromatic N) is 4. The number of piperazine rings is 1. The first-order valence-corrected chi connectivity index (χ1v) is 12.0. The van der Waals surface area contributed by atoms with E-state index < -0.39 is 10.0 Å². The van der Waals surface area contributed by atoms with Gasteiger partial charge < -0.3 is 14.6 Å². The monoisotopic (exact) mass is 465 g/mol. The number of hydrogen-bond acceptors (Lipinski definition) is 6. The number of methoxy groups -OCH3 is 1. The molecule has 0 bridgehead atoms. The van der Waals surface area contributed by atoms with E-state index in [1.807, 2.05) is 24.3 Å². The minimum Gasteiger partial charge on any atom is -0.497 e. The van der Waals surface area contributed by atoms with Crippen molar-refractivity contribution in [3.8, 4) is 5.75 Å². The van der Waals surface area contributed by atoms with Gasteiger partial charge in [0.1, 0.15) is 16.3 Å². The van der Waals surface area contributed by atoms with Gasteiger partial charge in [-0.1, -0.05) is 0 Å². The molecule has 0 unspecified atom stereocenters. The van der Waals surface area contributed by atoms with Crippen molar-refractivity contribution in [3.63, 3.8) is 0 Å². The Kier molecular flexibility index (Phi) is 5.26. The second-order valence-corrected chi connectivity index (χ2v) is 9.84. The average Bonchev–Trinajstić information content (AvgIpc) is 3.28. The summed E-state index contributed by atoms with van der Waals surface area (Å²) >= 11 is 0. The van der Waals surface area contributed by atoms with E-state index in [0.717, 1.165) is 10.9 Å². The molecular formula is C23H23N5O4S. The van der Waals surface area contributed by atoms with E-state index in [0.29, 0.717) is 41.1 Å². The van der Waals surface area contributed by atoms with Crippen molar-refractivity contribution in [1.82, 2.24) is 24.2 Å². The summed E-state index contributed by atoms with van der Waals surface area (Å²) in [6.45, 7) is 2.85. The molecule has 0 spiro atoms. The van der Waals surface area contributed by atoms with E-state index in [4.69, 9.17) is 4.74 Å². The number of ether oxygens (including phenoxy) is 1. The van der Waals surface area contributed by atoms with Gasteiger partial charge in [0.05, 0.1) is 23.9 Å². The maximum absolute atomic E-state index is 13.2. The molecule has 0 saturated carbocycles. The normalized spacial score (nSPS) is 15.3. The predicted molar refractivity (Wildman–Crippen MR) is 124 cm³/mol. The van der Waals surface area contributed by atoms with Crippen LogP contribution in [-0.2, 0) is 10.0 Å². The maximum atomic E-state index is 13.2. The number of pyridine rings is 2. The molecule has 4 aromatic rings. The summed E-state index contributed by atoms with van der Waals surface area (Å²) in [5.74, 6) is 0.558. The van der Waals surface area contributed by atoms with Gasteiger partial charge in [-0.3, -0.25) is 9.78 Å². The van der Waals surface area contributed by atoms with Gasteiger partial charge in [-0.05, 0) is 37.3 Å². The van der Waals surface area contributed by atoms with Crippen LogP contribution in [0.15, 0.2) is 53.7 Å². The number of aryl methyl sites for hydroxylation is 1. The van der Waals surface area contributed by atoms with E-state index in [-0.39, 0.29) is 23.9 Å². The second kappa shape index (κ2) is 8.13. The smallest absolute Gasteiger partial charge is 0.255 e. The van der Waals surface area contributed by atoms with Crippen molar-refractivity contribution in [2.75, 3.05) is 33.3 Å². The van der Waals surface area contributed by atoms with Crippen LogP contribution in [0, 0.1) is 6.92 Å². The first-order chi connectivity index (χ1) is 15.9. The molecule has 1 aromatic carbocycles. The number of carbonyl (C=O) groups excluding carboxylic acids is 1. The second-order valence-electron chi connectivity index (χ2n) is 7.93. The molecule has 3 aromatic heterocycles. The van der Waals surface area contributed by atoms with Crippen LogP contribution >= 0.6 is 0 Å². The molecule has 1 amide bonds. The fourth-order valence-electron chi connectivity index (χ4n) is 4.17. The van der Waals surface area contributed by atoms with Gasteiger partial charge in [-0.25, -0.2) is 13.4 Å². The predicted octanol–water partition coefficient (Wildman–Crippen LogP) is 2.57. The first-order valence-electron chi connectivity index (χ1n) is 10.6. The average molecular weight is 466 g/mol. The molecule has 1 aliphatic rings. The Balaban J connectivity index is 1.35. The zero-order valence-electron chi connectivity index (χ0n) is 18.3. The fourth-order valence-corrected chi connectivity index (χ4v) is 5.74. The van der Waals surface area contributed by atoms with E-state index in [9.17, 15) is 13.2 Å². The van der Waals surface area contributed by atoms with Crippen molar-refractivity contribution in [1.29, 1.82) is 0 Å². The summed E-state index contributed by atoms with van der Waals surface area (Å²) in [6, 6.07) is 10.8. The molecule has 1 fully saturated rings. The maximum Gasteiger partial charge on any atom is 0.255 e. The summed E-state index contributed by atoms with van der Waals surface area (Å²) in [6.07, 6.45) is 3.09. The Morgan fingerprint density at radius 2 is 1.91 bits per heavy atom. The van der Waals surface area contributed by atoms with Gasteiger partial charge in [0.25, 0.3) is 5.91 Å². The molecule has 0 aliphatic carbocycles. The number of sulfonamides is 1. The summed E-state index contributed by atoms with van der Waals surface area (Å²) in [4.78, 5) is 26.8. The minimum atomic E-state index is -3.70. The Labute approximate surface area is 191 Å². The highest BCUT2D eigenvalue weighted by molar-refractivity contribution is 7.89. The number of rotatable bonds is 4. The minimum absolute atomic E-state index is 0.147. The van der Waals surface area contributed by atoms with Gasteiger partial charge in [0, 0.05) is 55.4 Å². The van der Waals surface area contributed by atoms with E-state index in [2.05, 4.69) is 15.0 Å². The molecule has 9 nitrogen and oxygen atoms in total. The lowest BCUT2D eigenvalue weighted by molar-refractivity contribution is 0.0697. The third-order valence-corrected chi connectivity index (χ3v) is 7.94. The van der Waals surface area contributed by atoms with Gasteiger partial charge >= 0.3 is 0 Å². The molecule has 1 saturated heterocycles. The van der Waals surface area contributed by atoms with E-state index in [1.165, 1.54) is 10.5 Å². The van der Waals surface area contributed by atoms with E-state index in [1.54, 1.807) is 37.3 Å². The third-order valence-electron chi connectivity index (χ3n) is 6.00. The van der Waals surface area contributed by atoms with Crippen LogP contribution in [-0.4, -0.2) is 71.8 Å². The number of aromatic amines is 1. The third kappa shape index (κ3) is 3.70. The fraction of sp³-hybridized carbons (Fsp3) is 0.261. The number of H-pyrrole nitrogens is 1. The number of fused-ring (bicyclic) bond motifs is 2. The summed E-state index contributed by atoms with van der Waals surface area (Å²) in [5, 5.41) is 1.41. The van der Waals surface area contributed by atoms with Gasteiger partial charge in [0.2, 0.25) is 10.0 Å². The molecule has 10 heteroatoms. The van der Waals surface area contributed by atoms with Crippen LogP contribution in [0.3, 0.4) is 0 Å². The molecule has 0 radical (unpaired) electrons. The Bertz CT molecular complexity index is 1470. The number of aromatic nitrogens is 3. The molecule has 4 heterocycles. The Morgan fingerprint density at radius 1 is 1.12 bits per heavy atom. The van der Waals surface area contributed by atoms with Crippen LogP contribution < -0.4 is 4.74 Å².